The number of imidazole rings is 1. The molecule has 0 saturated carbocycles. The predicted molar refractivity (Wildman–Crippen MR) is 50.9 cm³/mol. The van der Waals surface area contributed by atoms with Crippen molar-refractivity contribution in [2.75, 3.05) is 0 Å². The Labute approximate surface area is 78.8 Å². The van der Waals surface area contributed by atoms with Gasteiger partial charge in [-0.15, -0.1) is 0 Å². The SMILES string of the molecule is Cn1c(=[Se])n(C)c2ccccc21. The van der Waals surface area contributed by atoms with Crippen molar-refractivity contribution in [2.45, 2.75) is 0 Å². The third-order valence-corrected chi connectivity index (χ3v) is 3.33. The van der Waals surface area contributed by atoms with Crippen LogP contribution in [0.2, 0.25) is 0 Å². The van der Waals surface area contributed by atoms with E-state index in [4.69, 9.17) is 0 Å². The summed E-state index contributed by atoms with van der Waals surface area (Å²) in [4.78, 5) is 0. The van der Waals surface area contributed by atoms with Crippen LogP contribution in [0.5, 0.6) is 0 Å². The molecular weight excluding hydrogens is 215 g/mol. The van der Waals surface area contributed by atoms with Crippen LogP contribution in [0.25, 0.3) is 11.0 Å². The van der Waals surface area contributed by atoms with Crippen LogP contribution in [0, 0.1) is 4.32 Å². The quantitative estimate of drug-likeness (QED) is 0.596. The fourth-order valence-electron chi connectivity index (χ4n) is 1.46. The first kappa shape index (κ1) is 7.84. The molecule has 1 heterocycles. The van der Waals surface area contributed by atoms with Crippen LogP contribution in [-0.4, -0.2) is 24.7 Å². The summed E-state index contributed by atoms with van der Waals surface area (Å²) in [6, 6.07) is 8.36. The Kier molecular flexibility index (Phi) is 1.71. The first-order chi connectivity index (χ1) is 5.72. The van der Waals surface area contributed by atoms with Gasteiger partial charge >= 0.3 is 78.4 Å². The van der Waals surface area contributed by atoms with Gasteiger partial charge in [0, 0.05) is 0 Å². The van der Waals surface area contributed by atoms with E-state index in [1.807, 2.05) is 0 Å². The fourth-order valence-corrected chi connectivity index (χ4v) is 1.88. The van der Waals surface area contributed by atoms with Gasteiger partial charge < -0.3 is 0 Å². The summed E-state index contributed by atoms with van der Waals surface area (Å²) in [7, 11) is 4.13. The van der Waals surface area contributed by atoms with Gasteiger partial charge in [-0.25, -0.2) is 0 Å². The molecule has 62 valence electrons. The van der Waals surface area contributed by atoms with Crippen LogP contribution < -0.4 is 0 Å². The van der Waals surface area contributed by atoms with Crippen molar-refractivity contribution < 1.29 is 0 Å². The number of rotatable bonds is 0. The third-order valence-electron chi connectivity index (χ3n) is 2.18. The molecule has 2 nitrogen and oxygen atoms in total. The zero-order valence-corrected chi connectivity index (χ0v) is 8.83. The summed E-state index contributed by atoms with van der Waals surface area (Å²) in [6.45, 7) is 0. The van der Waals surface area contributed by atoms with Crippen LogP contribution in [0.1, 0.15) is 0 Å². The molecule has 1 aromatic carbocycles. The molecule has 2 rings (SSSR count). The van der Waals surface area contributed by atoms with Gasteiger partial charge in [0.2, 0.25) is 0 Å². The predicted octanol–water partition coefficient (Wildman–Crippen LogP) is 1.22. The summed E-state index contributed by atoms with van der Waals surface area (Å²) in [6.07, 6.45) is 0. The monoisotopic (exact) mass is 226 g/mol. The van der Waals surface area contributed by atoms with Crippen LogP contribution >= 0.6 is 0 Å². The molecule has 0 aliphatic heterocycles. The molecule has 0 amide bonds. The van der Waals surface area contributed by atoms with E-state index in [0.29, 0.717) is 0 Å². The van der Waals surface area contributed by atoms with E-state index in [0.717, 1.165) is 4.32 Å². The molecule has 0 saturated heterocycles. The van der Waals surface area contributed by atoms with Gasteiger partial charge in [0.05, 0.1) is 0 Å². The second-order valence-corrected chi connectivity index (χ2v) is 3.66. The second kappa shape index (κ2) is 2.61. The number of nitrogens with zero attached hydrogens (tertiary/aromatic N) is 2. The summed E-state index contributed by atoms with van der Waals surface area (Å²) in [5, 5.41) is 0. The first-order valence-electron chi connectivity index (χ1n) is 3.82. The Hall–Kier alpha value is -0.791. The van der Waals surface area contributed by atoms with Crippen molar-refractivity contribution in [3.63, 3.8) is 0 Å². The topological polar surface area (TPSA) is 9.86 Å². The van der Waals surface area contributed by atoms with E-state index >= 15 is 0 Å². The average Bonchev–Trinajstić information content (AvgIpc) is 2.33. The molecule has 0 bridgehead atoms. The number of hydrogen-bond donors (Lipinski definition) is 0. The van der Waals surface area contributed by atoms with Crippen molar-refractivity contribution in [1.29, 1.82) is 0 Å². The third kappa shape index (κ3) is 0.904. The number of hydrogen-bond acceptors (Lipinski definition) is 0. The summed E-state index contributed by atoms with van der Waals surface area (Å²) in [5.41, 5.74) is 2.52. The van der Waals surface area contributed by atoms with Crippen LogP contribution in [0.3, 0.4) is 0 Å². The van der Waals surface area contributed by atoms with E-state index in [9.17, 15) is 0 Å². The summed E-state index contributed by atoms with van der Waals surface area (Å²) in [5.74, 6) is 0. The molecule has 12 heavy (non-hydrogen) atoms. The molecule has 0 atom stereocenters. The first-order valence-corrected chi connectivity index (χ1v) is 4.68. The van der Waals surface area contributed by atoms with E-state index in [-0.39, 0.29) is 0 Å². The normalized spacial score (nSPS) is 10.8. The minimum absolute atomic E-state index is 1.15. The van der Waals surface area contributed by atoms with Crippen LogP contribution in [0.4, 0.5) is 0 Å². The number of benzene rings is 1. The summed E-state index contributed by atoms with van der Waals surface area (Å²) < 4.78 is 5.45. The van der Waals surface area contributed by atoms with Gasteiger partial charge in [-0.3, -0.25) is 0 Å². The van der Waals surface area contributed by atoms with Gasteiger partial charge in [0.1, 0.15) is 0 Å². The van der Waals surface area contributed by atoms with Gasteiger partial charge in [0.25, 0.3) is 0 Å². The van der Waals surface area contributed by atoms with Crippen molar-refractivity contribution >= 4 is 26.6 Å². The molecule has 0 fully saturated rings. The van der Waals surface area contributed by atoms with E-state index in [2.05, 4.69) is 63.1 Å². The Morgan fingerprint density at radius 2 is 1.42 bits per heavy atom. The zero-order chi connectivity index (χ0) is 8.72. The van der Waals surface area contributed by atoms with Crippen molar-refractivity contribution in [2.24, 2.45) is 14.1 Å². The Balaban J connectivity index is 3.09. The molecule has 3 heteroatoms. The fraction of sp³-hybridized carbons (Fsp3) is 0.222. The molecule has 0 aliphatic rings. The molecular formula is C9H10N2Se. The van der Waals surface area contributed by atoms with E-state index < -0.39 is 0 Å². The number of fused-ring (bicyclic) bond motifs is 1. The van der Waals surface area contributed by atoms with Crippen LogP contribution in [-0.2, 0) is 14.1 Å². The Morgan fingerprint density at radius 1 is 1.00 bits per heavy atom. The number of aromatic nitrogens is 2. The molecule has 0 unspecified atom stereocenters. The Morgan fingerprint density at radius 3 is 1.83 bits per heavy atom. The molecule has 0 spiro atoms. The van der Waals surface area contributed by atoms with Crippen molar-refractivity contribution in [1.82, 2.24) is 9.13 Å². The van der Waals surface area contributed by atoms with E-state index in [1.54, 1.807) is 0 Å². The second-order valence-electron chi connectivity index (χ2n) is 2.89. The van der Waals surface area contributed by atoms with Gasteiger partial charge in [-0.1, -0.05) is 0 Å². The molecule has 0 aliphatic carbocycles. The van der Waals surface area contributed by atoms with Crippen molar-refractivity contribution in [3.8, 4) is 0 Å². The summed E-state index contributed by atoms with van der Waals surface area (Å²) >= 11 is 3.05. The standard InChI is InChI=1S/C9H10N2Se/c1-10-7-5-3-4-6-8(7)11(2)9(10)12/h3-6H,1-2H3. The molecule has 1 aromatic heterocycles. The molecule has 0 radical (unpaired) electrons. The number of aryl methyl sites for hydroxylation is 2. The van der Waals surface area contributed by atoms with Crippen molar-refractivity contribution in [3.05, 3.63) is 28.6 Å². The molecule has 2 aromatic rings. The Bertz CT molecular complexity index is 437. The van der Waals surface area contributed by atoms with Gasteiger partial charge in [-0.2, -0.15) is 0 Å². The van der Waals surface area contributed by atoms with Gasteiger partial charge in [-0.05, 0) is 0 Å². The van der Waals surface area contributed by atoms with E-state index in [1.165, 1.54) is 11.0 Å². The molecule has 0 N–H and O–H groups in total. The number of para-hydroxylation sites is 2. The zero-order valence-electron chi connectivity index (χ0n) is 7.11. The van der Waals surface area contributed by atoms with Gasteiger partial charge in [0.15, 0.2) is 0 Å². The average molecular weight is 225 g/mol. The maximum atomic E-state index is 3.05. The van der Waals surface area contributed by atoms with Crippen LogP contribution in [0.15, 0.2) is 24.3 Å². The maximum absolute atomic E-state index is 3.05. The minimum atomic E-state index is 1.15.